The SMILES string of the molecule is CCOc1ccc(NC(=O)CN2C(=O)C(=C3SC(=S)N(C(C)c4ccccc4)C3=O)c3ccccc32)cc1. The van der Waals surface area contributed by atoms with E-state index in [-0.39, 0.29) is 34.9 Å². The second kappa shape index (κ2) is 10.8. The van der Waals surface area contributed by atoms with E-state index in [0.29, 0.717) is 33.6 Å². The topological polar surface area (TPSA) is 79.0 Å². The molecule has 2 aliphatic rings. The fourth-order valence-corrected chi connectivity index (χ4v) is 6.04. The number of para-hydroxylation sites is 1. The first-order valence-corrected chi connectivity index (χ1v) is 13.4. The molecule has 192 valence electrons. The lowest BCUT2D eigenvalue weighted by molar-refractivity contribution is -0.123. The molecule has 0 saturated carbocycles. The van der Waals surface area contributed by atoms with E-state index in [1.165, 1.54) is 4.90 Å². The molecule has 1 saturated heterocycles. The van der Waals surface area contributed by atoms with Crippen molar-refractivity contribution in [2.24, 2.45) is 0 Å². The maximum atomic E-state index is 13.7. The molecule has 0 radical (unpaired) electrons. The van der Waals surface area contributed by atoms with Gasteiger partial charge in [0.05, 0.1) is 28.8 Å². The number of amides is 3. The van der Waals surface area contributed by atoms with Crippen molar-refractivity contribution >= 4 is 63.0 Å². The molecule has 3 amide bonds. The minimum atomic E-state index is -0.402. The molecule has 1 unspecified atom stereocenters. The Kier molecular flexibility index (Phi) is 7.31. The van der Waals surface area contributed by atoms with E-state index in [9.17, 15) is 14.4 Å². The second-order valence-electron chi connectivity index (χ2n) is 8.75. The Morgan fingerprint density at radius 2 is 1.66 bits per heavy atom. The van der Waals surface area contributed by atoms with E-state index in [1.807, 2.05) is 50.2 Å². The van der Waals surface area contributed by atoms with Crippen LogP contribution in [0.4, 0.5) is 11.4 Å². The molecule has 9 heteroatoms. The maximum Gasteiger partial charge on any atom is 0.267 e. The number of ether oxygens (including phenoxy) is 1. The Morgan fingerprint density at radius 3 is 2.37 bits per heavy atom. The highest BCUT2D eigenvalue weighted by Gasteiger charge is 2.43. The molecule has 2 heterocycles. The van der Waals surface area contributed by atoms with Crippen LogP contribution in [0, 0.1) is 0 Å². The van der Waals surface area contributed by atoms with Crippen molar-refractivity contribution in [3.8, 4) is 5.75 Å². The molecule has 2 aliphatic heterocycles. The molecule has 38 heavy (non-hydrogen) atoms. The molecule has 0 spiro atoms. The van der Waals surface area contributed by atoms with Crippen LogP contribution in [0.15, 0.2) is 83.8 Å². The highest BCUT2D eigenvalue weighted by Crippen LogP contribution is 2.46. The highest BCUT2D eigenvalue weighted by molar-refractivity contribution is 8.26. The Balaban J connectivity index is 1.40. The number of hydrogen-bond acceptors (Lipinski definition) is 6. The molecule has 3 aromatic carbocycles. The number of hydrogen-bond donors (Lipinski definition) is 1. The third-order valence-corrected chi connectivity index (χ3v) is 7.77. The number of carbonyl (C=O) groups is 3. The zero-order valence-electron chi connectivity index (χ0n) is 20.8. The van der Waals surface area contributed by atoms with Gasteiger partial charge >= 0.3 is 0 Å². The maximum absolute atomic E-state index is 13.7. The summed E-state index contributed by atoms with van der Waals surface area (Å²) >= 11 is 6.70. The van der Waals surface area contributed by atoms with Crippen LogP contribution in [0.1, 0.15) is 31.0 Å². The van der Waals surface area contributed by atoms with Crippen molar-refractivity contribution in [1.29, 1.82) is 0 Å². The number of fused-ring (bicyclic) bond motifs is 1. The molecule has 3 aromatic rings. The number of anilines is 2. The molecule has 5 rings (SSSR count). The fraction of sp³-hybridized carbons (Fsp3) is 0.172. The summed E-state index contributed by atoms with van der Waals surface area (Å²) in [6.07, 6.45) is 0. The normalized spacial score (nSPS) is 17.6. The van der Waals surface area contributed by atoms with E-state index >= 15 is 0 Å². The summed E-state index contributed by atoms with van der Waals surface area (Å²) in [4.78, 5) is 43.5. The molecule has 1 N–H and O–H groups in total. The predicted octanol–water partition coefficient (Wildman–Crippen LogP) is 5.40. The monoisotopic (exact) mass is 543 g/mol. The summed E-state index contributed by atoms with van der Waals surface area (Å²) in [5, 5.41) is 2.82. The molecular weight excluding hydrogens is 518 g/mol. The van der Waals surface area contributed by atoms with Gasteiger partial charge in [-0.1, -0.05) is 72.5 Å². The minimum Gasteiger partial charge on any atom is -0.494 e. The van der Waals surface area contributed by atoms with E-state index in [2.05, 4.69) is 5.32 Å². The van der Waals surface area contributed by atoms with Crippen molar-refractivity contribution in [3.05, 3.63) is 94.9 Å². The van der Waals surface area contributed by atoms with Gasteiger partial charge in [-0.3, -0.25) is 24.2 Å². The van der Waals surface area contributed by atoms with Gasteiger partial charge in [0.25, 0.3) is 11.8 Å². The number of nitrogens with one attached hydrogen (secondary N) is 1. The van der Waals surface area contributed by atoms with E-state index in [4.69, 9.17) is 17.0 Å². The van der Waals surface area contributed by atoms with Crippen LogP contribution in [-0.4, -0.2) is 40.1 Å². The van der Waals surface area contributed by atoms with Crippen LogP contribution in [0.5, 0.6) is 5.75 Å². The first kappa shape index (κ1) is 25.7. The number of rotatable bonds is 7. The average molecular weight is 544 g/mol. The summed E-state index contributed by atoms with van der Waals surface area (Å²) in [6, 6.07) is 23.5. The van der Waals surface area contributed by atoms with E-state index in [0.717, 1.165) is 17.3 Å². The summed E-state index contributed by atoms with van der Waals surface area (Å²) in [5.41, 5.74) is 3.00. The number of thioether (sulfide) groups is 1. The van der Waals surface area contributed by atoms with Crippen LogP contribution in [0.3, 0.4) is 0 Å². The fourth-order valence-electron chi connectivity index (χ4n) is 4.55. The van der Waals surface area contributed by atoms with Crippen molar-refractivity contribution < 1.29 is 19.1 Å². The van der Waals surface area contributed by atoms with Gasteiger partial charge in [0, 0.05) is 11.3 Å². The molecule has 1 atom stereocenters. The van der Waals surface area contributed by atoms with Crippen molar-refractivity contribution in [1.82, 2.24) is 4.90 Å². The molecule has 1 fully saturated rings. The van der Waals surface area contributed by atoms with Gasteiger partial charge in [0.2, 0.25) is 5.91 Å². The van der Waals surface area contributed by atoms with Gasteiger partial charge < -0.3 is 10.1 Å². The second-order valence-corrected chi connectivity index (χ2v) is 10.4. The average Bonchev–Trinajstić information content (AvgIpc) is 3.36. The molecule has 7 nitrogen and oxygen atoms in total. The smallest absolute Gasteiger partial charge is 0.267 e. The Labute approximate surface area is 230 Å². The summed E-state index contributed by atoms with van der Waals surface area (Å²) < 4.78 is 5.83. The van der Waals surface area contributed by atoms with Gasteiger partial charge in [0.15, 0.2) is 0 Å². The molecule has 0 bridgehead atoms. The van der Waals surface area contributed by atoms with Crippen LogP contribution in [-0.2, 0) is 14.4 Å². The van der Waals surface area contributed by atoms with Gasteiger partial charge in [-0.2, -0.15) is 0 Å². The first-order valence-electron chi connectivity index (χ1n) is 12.2. The third-order valence-electron chi connectivity index (χ3n) is 6.37. The largest absolute Gasteiger partial charge is 0.494 e. The van der Waals surface area contributed by atoms with Crippen molar-refractivity contribution in [2.45, 2.75) is 19.9 Å². The molecule has 0 aromatic heterocycles. The van der Waals surface area contributed by atoms with Gasteiger partial charge in [-0.05, 0) is 49.7 Å². The van der Waals surface area contributed by atoms with E-state index < -0.39 is 5.91 Å². The zero-order chi connectivity index (χ0) is 26.8. The number of carbonyl (C=O) groups excluding carboxylic acids is 3. The first-order chi connectivity index (χ1) is 18.4. The van der Waals surface area contributed by atoms with Crippen LogP contribution in [0.2, 0.25) is 0 Å². The summed E-state index contributed by atoms with van der Waals surface area (Å²) in [7, 11) is 0. The van der Waals surface area contributed by atoms with Crippen LogP contribution >= 0.6 is 24.0 Å². The zero-order valence-corrected chi connectivity index (χ0v) is 22.5. The number of nitrogens with zero attached hydrogens (tertiary/aromatic N) is 2. The Morgan fingerprint density at radius 1 is 0.974 bits per heavy atom. The van der Waals surface area contributed by atoms with Crippen LogP contribution < -0.4 is 15.0 Å². The predicted molar refractivity (Wildman–Crippen MR) is 154 cm³/mol. The van der Waals surface area contributed by atoms with Crippen molar-refractivity contribution in [2.75, 3.05) is 23.4 Å². The lowest BCUT2D eigenvalue weighted by atomic mass is 10.1. The van der Waals surface area contributed by atoms with Crippen LogP contribution in [0.25, 0.3) is 5.57 Å². The number of benzene rings is 3. The summed E-state index contributed by atoms with van der Waals surface area (Å²) in [6.45, 7) is 4.16. The van der Waals surface area contributed by atoms with Gasteiger partial charge in [-0.25, -0.2) is 0 Å². The summed E-state index contributed by atoms with van der Waals surface area (Å²) in [5.74, 6) is -0.363. The van der Waals surface area contributed by atoms with E-state index in [1.54, 1.807) is 47.4 Å². The minimum absolute atomic E-state index is 0.201. The van der Waals surface area contributed by atoms with Gasteiger partial charge in [0.1, 0.15) is 16.6 Å². The lowest BCUT2D eigenvalue weighted by Crippen LogP contribution is -2.35. The standard InChI is InChI=1S/C29H25N3O4S2/c1-3-36-21-15-13-20(14-16-21)30-24(33)17-31-23-12-8-7-11-22(23)25(27(31)34)26-28(35)32(29(37)38-26)18(2)19-9-5-4-6-10-19/h4-16,18H,3,17H2,1-2H3,(H,30,33). The molecule has 0 aliphatic carbocycles. The molecular formula is C29H25N3O4S2. The third kappa shape index (κ3) is 4.82. The number of thiocarbonyl (C=S) groups is 1. The Hall–Kier alpha value is -3.95. The highest BCUT2D eigenvalue weighted by atomic mass is 32.2. The van der Waals surface area contributed by atoms with Crippen molar-refractivity contribution in [3.63, 3.8) is 0 Å². The van der Waals surface area contributed by atoms with Gasteiger partial charge in [-0.15, -0.1) is 0 Å². The lowest BCUT2D eigenvalue weighted by Gasteiger charge is -2.23. The quantitative estimate of drug-likeness (QED) is 0.318. The Bertz CT molecular complexity index is 1450.